The van der Waals surface area contributed by atoms with Gasteiger partial charge in [-0.05, 0) is 20.8 Å². The van der Waals surface area contributed by atoms with Crippen molar-refractivity contribution < 1.29 is 14.4 Å². The van der Waals surface area contributed by atoms with Gasteiger partial charge in [0.15, 0.2) is 0 Å². The van der Waals surface area contributed by atoms with Gasteiger partial charge in [-0.1, -0.05) is 20.8 Å². The molecule has 0 spiro atoms. The third-order valence-corrected chi connectivity index (χ3v) is 2.63. The van der Waals surface area contributed by atoms with Crippen molar-refractivity contribution in [2.75, 3.05) is 20.1 Å². The number of nitrogens with zero attached hydrogens (tertiary/aromatic N) is 1. The van der Waals surface area contributed by atoms with Crippen LogP contribution in [0.2, 0.25) is 0 Å². The Kier molecular flexibility index (Phi) is 6.86. The van der Waals surface area contributed by atoms with E-state index in [1.165, 1.54) is 4.90 Å². The molecule has 0 radical (unpaired) electrons. The molecule has 0 aromatic rings. The van der Waals surface area contributed by atoms with E-state index in [-0.39, 0.29) is 42.8 Å². The number of hydrogen-bond donors (Lipinski definition) is 2. The molecule has 0 aliphatic rings. The predicted molar refractivity (Wildman–Crippen MR) is 82.6 cm³/mol. The quantitative estimate of drug-likeness (QED) is 0.792. The highest BCUT2D eigenvalue weighted by atomic mass is 16.2. The molecule has 6 heteroatoms. The molecule has 0 fully saturated rings. The van der Waals surface area contributed by atoms with Gasteiger partial charge in [0, 0.05) is 31.0 Å². The highest BCUT2D eigenvalue weighted by Gasteiger charge is 2.21. The Morgan fingerprint density at radius 3 is 1.95 bits per heavy atom. The molecule has 0 unspecified atom stereocenters. The number of rotatable bonds is 5. The minimum atomic E-state index is -0.471. The van der Waals surface area contributed by atoms with Crippen LogP contribution in [0.4, 0.5) is 0 Å². The maximum Gasteiger partial charge on any atom is 0.240 e. The summed E-state index contributed by atoms with van der Waals surface area (Å²) >= 11 is 0. The summed E-state index contributed by atoms with van der Waals surface area (Å²) in [6.45, 7) is 11.4. The smallest absolute Gasteiger partial charge is 0.240 e. The van der Waals surface area contributed by atoms with Gasteiger partial charge in [0.05, 0.1) is 6.54 Å². The average molecular weight is 299 g/mol. The van der Waals surface area contributed by atoms with Gasteiger partial charge in [-0.2, -0.15) is 0 Å². The van der Waals surface area contributed by atoms with Crippen molar-refractivity contribution in [3.05, 3.63) is 0 Å². The van der Waals surface area contributed by atoms with Gasteiger partial charge in [-0.15, -0.1) is 0 Å². The first-order valence-electron chi connectivity index (χ1n) is 7.16. The van der Waals surface area contributed by atoms with Gasteiger partial charge in [-0.25, -0.2) is 0 Å². The zero-order chi connectivity index (χ0) is 16.8. The summed E-state index contributed by atoms with van der Waals surface area (Å²) in [6, 6.07) is 0. The molecule has 21 heavy (non-hydrogen) atoms. The van der Waals surface area contributed by atoms with Gasteiger partial charge < -0.3 is 15.5 Å². The summed E-state index contributed by atoms with van der Waals surface area (Å²) in [7, 11) is 1.58. The highest BCUT2D eigenvalue weighted by Crippen LogP contribution is 2.12. The largest absolute Gasteiger partial charge is 0.355 e. The Balaban J connectivity index is 4.12. The molecule has 3 amide bonds. The number of carbonyl (C=O) groups is 3. The Bertz CT molecular complexity index is 392. The van der Waals surface area contributed by atoms with Crippen molar-refractivity contribution in [1.29, 1.82) is 0 Å². The molecule has 2 N–H and O–H groups in total. The Morgan fingerprint density at radius 2 is 1.52 bits per heavy atom. The lowest BCUT2D eigenvalue weighted by atomic mass is 9.96. The molecule has 6 nitrogen and oxygen atoms in total. The van der Waals surface area contributed by atoms with E-state index in [2.05, 4.69) is 10.6 Å². The van der Waals surface area contributed by atoms with Crippen LogP contribution < -0.4 is 10.6 Å². The number of hydrogen-bond acceptors (Lipinski definition) is 3. The van der Waals surface area contributed by atoms with Crippen molar-refractivity contribution >= 4 is 17.7 Å². The number of carbonyl (C=O) groups excluding carboxylic acids is 3. The molecule has 0 bridgehead atoms. The van der Waals surface area contributed by atoms with Crippen LogP contribution in [0.25, 0.3) is 0 Å². The summed E-state index contributed by atoms with van der Waals surface area (Å²) in [5.41, 5.74) is -0.788. The van der Waals surface area contributed by atoms with Crippen LogP contribution in [0, 0.1) is 5.41 Å². The fourth-order valence-electron chi connectivity index (χ4n) is 1.50. The van der Waals surface area contributed by atoms with Crippen LogP contribution in [-0.4, -0.2) is 48.3 Å². The van der Waals surface area contributed by atoms with Crippen LogP contribution in [0.1, 0.15) is 48.0 Å². The standard InChI is InChI=1S/C15H29N3O3/c1-14(2,3)13(21)16-9-8-12(20)18(7)10-11(19)17-15(4,5)6/h8-10H2,1-7H3,(H,16,21)(H,17,19). The van der Waals surface area contributed by atoms with Crippen molar-refractivity contribution in [2.45, 2.75) is 53.5 Å². The van der Waals surface area contributed by atoms with E-state index in [1.54, 1.807) is 7.05 Å². The second kappa shape index (κ2) is 7.43. The third kappa shape index (κ3) is 9.05. The van der Waals surface area contributed by atoms with E-state index in [0.29, 0.717) is 0 Å². The molecule has 0 heterocycles. The Hall–Kier alpha value is -1.59. The normalized spacial score (nSPS) is 11.8. The minimum absolute atomic E-state index is 0.0172. The van der Waals surface area contributed by atoms with Gasteiger partial charge >= 0.3 is 0 Å². The second-order valence-electron chi connectivity index (χ2n) is 7.30. The lowest BCUT2D eigenvalue weighted by Gasteiger charge is -2.23. The minimum Gasteiger partial charge on any atom is -0.355 e. The van der Waals surface area contributed by atoms with Crippen molar-refractivity contribution in [3.8, 4) is 0 Å². The predicted octanol–water partition coefficient (Wildman–Crippen LogP) is 0.912. The first-order chi connectivity index (χ1) is 9.33. The molecule has 0 atom stereocenters. The topological polar surface area (TPSA) is 78.5 Å². The van der Waals surface area contributed by atoms with Crippen LogP contribution in [0.3, 0.4) is 0 Å². The van der Waals surface area contributed by atoms with Crippen LogP contribution >= 0.6 is 0 Å². The molecule has 0 aromatic heterocycles. The van der Waals surface area contributed by atoms with Gasteiger partial charge in [0.2, 0.25) is 17.7 Å². The summed E-state index contributed by atoms with van der Waals surface area (Å²) in [6.07, 6.45) is 0.182. The molecular weight excluding hydrogens is 270 g/mol. The summed E-state index contributed by atoms with van der Waals surface area (Å²) in [5, 5.41) is 5.51. The molecule has 0 aromatic carbocycles. The maximum atomic E-state index is 11.9. The third-order valence-electron chi connectivity index (χ3n) is 2.63. The zero-order valence-corrected chi connectivity index (χ0v) is 14.3. The summed E-state index contributed by atoms with van der Waals surface area (Å²) < 4.78 is 0. The van der Waals surface area contributed by atoms with Gasteiger partial charge in [0.25, 0.3) is 0 Å². The Morgan fingerprint density at radius 1 is 1.00 bits per heavy atom. The molecular formula is C15H29N3O3. The van der Waals surface area contributed by atoms with Crippen LogP contribution in [0.5, 0.6) is 0 Å². The molecule has 0 saturated heterocycles. The summed E-state index contributed by atoms with van der Waals surface area (Å²) in [5.74, 6) is -0.464. The SMILES string of the molecule is CN(CC(=O)NC(C)(C)C)C(=O)CCNC(=O)C(C)(C)C. The first-order valence-corrected chi connectivity index (χ1v) is 7.16. The van der Waals surface area contributed by atoms with E-state index in [1.807, 2.05) is 41.5 Å². The van der Waals surface area contributed by atoms with Crippen molar-refractivity contribution in [2.24, 2.45) is 5.41 Å². The molecule has 0 saturated carbocycles. The lowest BCUT2D eigenvalue weighted by Crippen LogP contribution is -2.46. The molecule has 122 valence electrons. The number of likely N-dealkylation sites (N-methyl/N-ethyl adjacent to an activating group) is 1. The number of nitrogens with one attached hydrogen (secondary N) is 2. The average Bonchev–Trinajstić information content (AvgIpc) is 2.24. The number of amides is 3. The lowest BCUT2D eigenvalue weighted by molar-refractivity contribution is -0.135. The summed E-state index contributed by atoms with van der Waals surface area (Å²) in [4.78, 5) is 36.6. The van der Waals surface area contributed by atoms with E-state index in [9.17, 15) is 14.4 Å². The van der Waals surface area contributed by atoms with E-state index in [0.717, 1.165) is 0 Å². The molecule has 0 aliphatic carbocycles. The second-order valence-corrected chi connectivity index (χ2v) is 7.30. The van der Waals surface area contributed by atoms with E-state index >= 15 is 0 Å². The van der Waals surface area contributed by atoms with Crippen LogP contribution in [0.15, 0.2) is 0 Å². The molecule has 0 rings (SSSR count). The molecule has 0 aliphatic heterocycles. The van der Waals surface area contributed by atoms with Crippen molar-refractivity contribution in [3.63, 3.8) is 0 Å². The highest BCUT2D eigenvalue weighted by molar-refractivity contribution is 5.85. The van der Waals surface area contributed by atoms with Gasteiger partial charge in [0.1, 0.15) is 0 Å². The Labute approximate surface area is 127 Å². The fraction of sp³-hybridized carbons (Fsp3) is 0.800. The maximum absolute atomic E-state index is 11.9. The van der Waals surface area contributed by atoms with Crippen molar-refractivity contribution in [1.82, 2.24) is 15.5 Å². The zero-order valence-electron chi connectivity index (χ0n) is 14.3. The fourth-order valence-corrected chi connectivity index (χ4v) is 1.50. The van der Waals surface area contributed by atoms with E-state index < -0.39 is 5.41 Å². The monoisotopic (exact) mass is 299 g/mol. The van der Waals surface area contributed by atoms with Gasteiger partial charge in [-0.3, -0.25) is 14.4 Å². The first kappa shape index (κ1) is 19.4. The van der Waals surface area contributed by atoms with E-state index in [4.69, 9.17) is 0 Å². The van der Waals surface area contributed by atoms with Crippen LogP contribution in [-0.2, 0) is 14.4 Å².